The van der Waals surface area contributed by atoms with E-state index in [9.17, 15) is 15.3 Å². The molecule has 108 valence electrons. The Labute approximate surface area is 111 Å². The normalized spacial score (nSPS) is 18.2. The molecule has 0 aromatic heterocycles. The van der Waals surface area contributed by atoms with Crippen molar-refractivity contribution in [2.45, 2.75) is 63.6 Å². The molecular weight excluding hydrogens is 248 g/mol. The highest BCUT2D eigenvalue weighted by Gasteiger charge is 2.38. The van der Waals surface area contributed by atoms with Crippen LogP contribution in [0, 0.1) is 0 Å². The van der Waals surface area contributed by atoms with E-state index in [4.69, 9.17) is 4.43 Å². The van der Waals surface area contributed by atoms with Gasteiger partial charge in [-0.3, -0.25) is 0 Å². The number of hydrogen-bond acceptors (Lipinski definition) is 4. The highest BCUT2D eigenvalue weighted by atomic mass is 28.4. The van der Waals surface area contributed by atoms with E-state index in [-0.39, 0.29) is 18.1 Å². The Morgan fingerprint density at radius 2 is 1.67 bits per heavy atom. The van der Waals surface area contributed by atoms with Gasteiger partial charge in [-0.15, -0.1) is 6.58 Å². The fourth-order valence-electron chi connectivity index (χ4n) is 1.18. The molecule has 4 nitrogen and oxygen atoms in total. The van der Waals surface area contributed by atoms with Crippen LogP contribution in [-0.4, -0.2) is 48.6 Å². The third kappa shape index (κ3) is 5.20. The van der Waals surface area contributed by atoms with E-state index < -0.39 is 26.6 Å². The second-order valence-corrected chi connectivity index (χ2v) is 11.0. The summed E-state index contributed by atoms with van der Waals surface area (Å²) in [7, 11) is -1.94. The van der Waals surface area contributed by atoms with Crippen molar-refractivity contribution >= 4 is 8.32 Å². The molecule has 0 aromatic rings. The van der Waals surface area contributed by atoms with Crippen LogP contribution >= 0.6 is 0 Å². The summed E-state index contributed by atoms with van der Waals surface area (Å²) in [4.78, 5) is 0. The van der Waals surface area contributed by atoms with Gasteiger partial charge < -0.3 is 19.7 Å². The largest absolute Gasteiger partial charge is 0.414 e. The Balaban J connectivity index is 4.33. The van der Waals surface area contributed by atoms with E-state index in [0.717, 1.165) is 0 Å². The van der Waals surface area contributed by atoms with Gasteiger partial charge in [-0.1, -0.05) is 26.8 Å². The fourth-order valence-corrected chi connectivity index (χ4v) is 2.20. The van der Waals surface area contributed by atoms with Crippen molar-refractivity contribution in [2.75, 3.05) is 6.61 Å². The molecule has 3 N–H and O–H groups in total. The van der Waals surface area contributed by atoms with Gasteiger partial charge in [-0.05, 0) is 24.6 Å². The van der Waals surface area contributed by atoms with Crippen molar-refractivity contribution < 1.29 is 19.7 Å². The minimum absolute atomic E-state index is 0.0475. The summed E-state index contributed by atoms with van der Waals surface area (Å²) in [6.07, 6.45) is -1.52. The van der Waals surface area contributed by atoms with Crippen LogP contribution in [0.2, 0.25) is 18.1 Å². The van der Waals surface area contributed by atoms with Crippen LogP contribution in [0.3, 0.4) is 0 Å². The minimum atomic E-state index is -1.94. The molecule has 0 saturated heterocycles. The van der Waals surface area contributed by atoms with Crippen LogP contribution in [0.1, 0.15) is 27.2 Å². The molecule has 0 aliphatic heterocycles. The zero-order valence-corrected chi connectivity index (χ0v) is 13.2. The molecule has 5 heteroatoms. The summed E-state index contributed by atoms with van der Waals surface area (Å²) in [5.74, 6) is 0. The maximum absolute atomic E-state index is 9.80. The average molecular weight is 276 g/mol. The molecule has 0 aliphatic carbocycles. The summed E-state index contributed by atoms with van der Waals surface area (Å²) in [5, 5.41) is 29.1. The van der Waals surface area contributed by atoms with E-state index in [1.54, 1.807) is 0 Å². The lowest BCUT2D eigenvalue weighted by Crippen LogP contribution is -2.46. The van der Waals surface area contributed by atoms with Crippen molar-refractivity contribution in [2.24, 2.45) is 0 Å². The van der Waals surface area contributed by atoms with Crippen molar-refractivity contribution in [3.8, 4) is 0 Å². The van der Waals surface area contributed by atoms with Crippen LogP contribution in [0.15, 0.2) is 12.7 Å². The highest BCUT2D eigenvalue weighted by molar-refractivity contribution is 6.74. The third-order valence-corrected chi connectivity index (χ3v) is 8.12. The lowest BCUT2D eigenvalue weighted by Gasteiger charge is -2.37. The quantitative estimate of drug-likeness (QED) is 0.489. The van der Waals surface area contributed by atoms with Gasteiger partial charge in [0.05, 0.1) is 12.7 Å². The van der Waals surface area contributed by atoms with E-state index in [1.807, 2.05) is 0 Å². The van der Waals surface area contributed by atoms with E-state index in [0.29, 0.717) is 0 Å². The molecular formula is C13H28O4Si. The number of aliphatic hydroxyl groups is 3. The molecule has 0 radical (unpaired) electrons. The van der Waals surface area contributed by atoms with Gasteiger partial charge in [0, 0.05) is 0 Å². The zero-order valence-electron chi connectivity index (χ0n) is 12.2. The molecule has 3 atom stereocenters. The van der Waals surface area contributed by atoms with Crippen LogP contribution in [-0.2, 0) is 4.43 Å². The first-order chi connectivity index (χ1) is 8.03. The maximum atomic E-state index is 9.80. The summed E-state index contributed by atoms with van der Waals surface area (Å²) >= 11 is 0. The summed E-state index contributed by atoms with van der Waals surface area (Å²) in [6, 6.07) is 0. The molecule has 0 rings (SSSR count). The first-order valence-corrected chi connectivity index (χ1v) is 9.23. The Hall–Kier alpha value is -0.203. The molecule has 0 unspecified atom stereocenters. The van der Waals surface area contributed by atoms with Gasteiger partial charge in [0.25, 0.3) is 0 Å². The second-order valence-electron chi connectivity index (χ2n) is 6.22. The number of aliphatic hydroxyl groups excluding tert-OH is 3. The van der Waals surface area contributed by atoms with Crippen LogP contribution in [0.5, 0.6) is 0 Å². The monoisotopic (exact) mass is 276 g/mol. The van der Waals surface area contributed by atoms with Crippen molar-refractivity contribution in [1.82, 2.24) is 0 Å². The Morgan fingerprint density at radius 1 is 1.17 bits per heavy atom. The SMILES string of the molecule is C=CC[C@@H](O)[C@H](O)[C@@H](O)CO[Si](C)(C)C(C)(C)C. The second kappa shape index (κ2) is 6.82. The summed E-state index contributed by atoms with van der Waals surface area (Å²) < 4.78 is 5.80. The van der Waals surface area contributed by atoms with Crippen molar-refractivity contribution in [1.29, 1.82) is 0 Å². The minimum Gasteiger partial charge on any atom is -0.414 e. The molecule has 0 aliphatic rings. The smallest absolute Gasteiger partial charge is 0.192 e. The summed E-state index contributed by atoms with van der Waals surface area (Å²) in [6.45, 7) is 14.0. The highest BCUT2D eigenvalue weighted by Crippen LogP contribution is 2.36. The van der Waals surface area contributed by atoms with Crippen LogP contribution in [0.25, 0.3) is 0 Å². The topological polar surface area (TPSA) is 69.9 Å². The van der Waals surface area contributed by atoms with Crippen molar-refractivity contribution in [3.05, 3.63) is 12.7 Å². The molecule has 0 heterocycles. The van der Waals surface area contributed by atoms with E-state index >= 15 is 0 Å². The van der Waals surface area contributed by atoms with Crippen LogP contribution < -0.4 is 0 Å². The first-order valence-electron chi connectivity index (χ1n) is 6.32. The fraction of sp³-hybridized carbons (Fsp3) is 0.846. The molecule has 0 spiro atoms. The standard InChI is InChI=1S/C13H28O4Si/c1-7-8-10(14)12(16)11(15)9-17-18(5,6)13(2,3)4/h7,10-12,14-16H,1,8-9H2,2-6H3/t10-,11+,12+/m1/s1. The molecule has 0 fully saturated rings. The van der Waals surface area contributed by atoms with Gasteiger partial charge in [0.15, 0.2) is 8.32 Å². The van der Waals surface area contributed by atoms with Gasteiger partial charge in [0.2, 0.25) is 0 Å². The Bertz CT molecular complexity index is 260. The molecule has 0 aromatic carbocycles. The molecule has 0 saturated carbocycles. The van der Waals surface area contributed by atoms with Gasteiger partial charge >= 0.3 is 0 Å². The molecule has 0 bridgehead atoms. The lowest BCUT2D eigenvalue weighted by molar-refractivity contribution is -0.0727. The molecule has 18 heavy (non-hydrogen) atoms. The van der Waals surface area contributed by atoms with Crippen LogP contribution in [0.4, 0.5) is 0 Å². The third-order valence-electron chi connectivity index (χ3n) is 3.62. The number of rotatable bonds is 7. The predicted molar refractivity (Wildman–Crippen MR) is 76.0 cm³/mol. The number of hydrogen-bond donors (Lipinski definition) is 3. The zero-order chi connectivity index (χ0) is 14.6. The Morgan fingerprint density at radius 3 is 2.06 bits per heavy atom. The Kier molecular flexibility index (Phi) is 6.74. The average Bonchev–Trinajstić information content (AvgIpc) is 2.23. The lowest BCUT2D eigenvalue weighted by atomic mass is 10.1. The predicted octanol–water partition coefficient (Wildman–Crippen LogP) is 1.67. The van der Waals surface area contributed by atoms with E-state index in [1.165, 1.54) is 6.08 Å². The van der Waals surface area contributed by atoms with Gasteiger partial charge in [-0.25, -0.2) is 0 Å². The maximum Gasteiger partial charge on any atom is 0.192 e. The van der Waals surface area contributed by atoms with E-state index in [2.05, 4.69) is 40.4 Å². The van der Waals surface area contributed by atoms with Gasteiger partial charge in [-0.2, -0.15) is 0 Å². The first kappa shape index (κ1) is 17.8. The molecule has 0 amide bonds. The van der Waals surface area contributed by atoms with Gasteiger partial charge in [0.1, 0.15) is 12.2 Å². The van der Waals surface area contributed by atoms with Crippen molar-refractivity contribution in [3.63, 3.8) is 0 Å². The summed E-state index contributed by atoms with van der Waals surface area (Å²) in [5.41, 5.74) is 0.